The third kappa shape index (κ3) is 7.16. The Kier molecular flexibility index (Phi) is 10.1. The topological polar surface area (TPSA) is 197 Å². The fraction of sp³-hybridized carbons (Fsp3) is 0.378. The van der Waals surface area contributed by atoms with Gasteiger partial charge in [-0.2, -0.15) is 0 Å². The Balaban J connectivity index is 0.915. The van der Waals surface area contributed by atoms with E-state index in [9.17, 15) is 28.4 Å². The molecule has 6 aromatic rings. The fourth-order valence-electron chi connectivity index (χ4n) is 9.45. The van der Waals surface area contributed by atoms with Crippen molar-refractivity contribution in [2.45, 2.75) is 75.8 Å². The van der Waals surface area contributed by atoms with Gasteiger partial charge in [0.05, 0.1) is 32.3 Å². The number of aliphatic hydroxyl groups excluding tert-OH is 1. The van der Waals surface area contributed by atoms with Crippen molar-refractivity contribution in [3.63, 3.8) is 0 Å². The lowest BCUT2D eigenvalue weighted by atomic mass is 9.97. The van der Waals surface area contributed by atoms with E-state index in [0.29, 0.717) is 85.8 Å². The normalized spacial score (nSPS) is 21.1. The molecule has 320 valence electrons. The zero-order valence-corrected chi connectivity index (χ0v) is 35.8. The zero-order chi connectivity index (χ0) is 43.1. The summed E-state index contributed by atoms with van der Waals surface area (Å²) in [5, 5.41) is 27.5. The van der Waals surface area contributed by atoms with Crippen LogP contribution in [0.1, 0.15) is 67.3 Å². The van der Waals surface area contributed by atoms with Crippen molar-refractivity contribution in [2.24, 2.45) is 5.92 Å². The highest BCUT2D eigenvalue weighted by atomic mass is 35.5. The van der Waals surface area contributed by atoms with E-state index in [0.717, 1.165) is 57.4 Å². The van der Waals surface area contributed by atoms with E-state index >= 15 is 0 Å². The molecule has 2 aliphatic carbocycles. The van der Waals surface area contributed by atoms with Gasteiger partial charge in [0.25, 0.3) is 0 Å². The Morgan fingerprint density at radius 3 is 2.61 bits per heavy atom. The molecule has 2 aliphatic heterocycles. The Morgan fingerprint density at radius 2 is 1.84 bits per heavy atom. The summed E-state index contributed by atoms with van der Waals surface area (Å²) < 4.78 is 33.2. The number of likely N-dealkylation sites (tertiary alicyclic amines) is 2. The van der Waals surface area contributed by atoms with Crippen molar-refractivity contribution in [3.8, 4) is 22.6 Å². The fourth-order valence-corrected chi connectivity index (χ4v) is 11.1. The Bertz CT molecular complexity index is 2940. The van der Waals surface area contributed by atoms with Gasteiger partial charge in [0, 0.05) is 66.8 Å². The number of halogens is 1. The lowest BCUT2D eigenvalue weighted by Gasteiger charge is -2.24. The monoisotopic (exact) mass is 876 g/mol. The summed E-state index contributed by atoms with van der Waals surface area (Å²) in [5.74, 6) is -0.248. The van der Waals surface area contributed by atoms with Crippen LogP contribution in [-0.4, -0.2) is 86.1 Å². The molecule has 3 N–H and O–H groups in total. The number of nitrogens with one attached hydrogen (secondary N) is 2. The number of β-amino-alcohol motifs (C(OH)–C–C–N with tert-alkyl or cyclic N) is 1. The molecule has 1 saturated carbocycles. The highest BCUT2D eigenvalue weighted by molar-refractivity contribution is 7.91. The quantitative estimate of drug-likeness (QED) is 0.0851. The first kappa shape index (κ1) is 40.5. The number of nitro benzene ring substituents is 1. The second-order valence-corrected chi connectivity index (χ2v) is 20.0. The first-order valence-electron chi connectivity index (χ1n) is 21.0. The van der Waals surface area contributed by atoms with Crippen LogP contribution in [0.4, 0.5) is 17.2 Å². The molecular formula is C45H45ClN8O7S. The number of carbonyl (C=O) groups is 1. The van der Waals surface area contributed by atoms with Gasteiger partial charge in [-0.15, -0.1) is 0 Å². The molecule has 4 aliphatic rings. The number of nitro groups is 1. The number of amides is 1. The van der Waals surface area contributed by atoms with Crippen LogP contribution in [0.25, 0.3) is 44.6 Å². The van der Waals surface area contributed by atoms with Gasteiger partial charge in [0.15, 0.2) is 5.82 Å². The first-order valence-corrected chi connectivity index (χ1v) is 22.8. The number of oxazole rings is 1. The molecule has 3 aromatic carbocycles. The Labute approximate surface area is 362 Å². The second kappa shape index (κ2) is 15.4. The van der Waals surface area contributed by atoms with E-state index in [1.165, 1.54) is 0 Å². The molecule has 0 unspecified atom stereocenters. The van der Waals surface area contributed by atoms with Crippen LogP contribution in [0.5, 0.6) is 0 Å². The number of sulfonamides is 1. The number of nitrogens with zero attached hydrogens (tertiary/aromatic N) is 6. The van der Waals surface area contributed by atoms with Gasteiger partial charge in [-0.3, -0.25) is 34.4 Å². The molecule has 3 aromatic heterocycles. The maximum absolute atomic E-state index is 13.1. The van der Waals surface area contributed by atoms with E-state index < -0.39 is 31.5 Å². The van der Waals surface area contributed by atoms with Gasteiger partial charge in [-0.25, -0.2) is 18.4 Å². The number of pyridine rings is 2. The van der Waals surface area contributed by atoms with Crippen molar-refractivity contribution >= 4 is 66.7 Å². The number of hydrogen-bond donors (Lipinski definition) is 3. The summed E-state index contributed by atoms with van der Waals surface area (Å²) in [4.78, 5) is 44.0. The molecule has 3 fully saturated rings. The smallest absolute Gasteiger partial charge is 0.317 e. The lowest BCUT2D eigenvalue weighted by Crippen LogP contribution is -2.42. The molecule has 62 heavy (non-hydrogen) atoms. The number of hydrogen-bond acceptors (Lipinski definition) is 13. The molecule has 0 bridgehead atoms. The van der Waals surface area contributed by atoms with E-state index in [1.807, 2.05) is 55.6 Å². The molecule has 0 spiro atoms. The molecule has 10 rings (SSSR count). The maximum Gasteiger partial charge on any atom is 0.317 e. The van der Waals surface area contributed by atoms with Gasteiger partial charge < -0.3 is 14.8 Å². The van der Waals surface area contributed by atoms with E-state index in [1.54, 1.807) is 19.2 Å². The Hall–Kier alpha value is -5.52. The molecule has 15 nitrogen and oxygen atoms in total. The van der Waals surface area contributed by atoms with Gasteiger partial charge in [-0.1, -0.05) is 35.9 Å². The molecular weight excluding hydrogens is 832 g/mol. The molecule has 3 atom stereocenters. The van der Waals surface area contributed by atoms with Crippen LogP contribution < -0.4 is 10.0 Å². The Morgan fingerprint density at radius 1 is 1.05 bits per heavy atom. The zero-order valence-electron chi connectivity index (χ0n) is 34.2. The highest BCUT2D eigenvalue weighted by Crippen LogP contribution is 2.48. The van der Waals surface area contributed by atoms with Crippen molar-refractivity contribution in [1.82, 2.24) is 29.5 Å². The average Bonchev–Trinajstić information content (AvgIpc) is 3.70. The predicted molar refractivity (Wildman–Crippen MR) is 235 cm³/mol. The summed E-state index contributed by atoms with van der Waals surface area (Å²) in [7, 11) is -3.75. The molecule has 0 radical (unpaired) electrons. The first-order chi connectivity index (χ1) is 29.8. The maximum atomic E-state index is 13.1. The average molecular weight is 877 g/mol. The molecule has 17 heteroatoms. The van der Waals surface area contributed by atoms with E-state index in [4.69, 9.17) is 26.0 Å². The molecule has 5 heterocycles. The molecule has 2 saturated heterocycles. The van der Waals surface area contributed by atoms with Crippen molar-refractivity contribution in [3.05, 3.63) is 104 Å². The number of aromatic nitrogens is 3. The number of benzene rings is 3. The summed E-state index contributed by atoms with van der Waals surface area (Å²) in [6.07, 6.45) is 6.72. The lowest BCUT2D eigenvalue weighted by molar-refractivity contribution is -0.384. The minimum absolute atomic E-state index is 0.0730. The van der Waals surface area contributed by atoms with E-state index in [-0.39, 0.29) is 29.3 Å². The minimum atomic E-state index is -3.75. The standard InChI is InChI=1S/C45H45ClN8O7S/c1-25-30(5-4-8-35(25)49-42-39-27(11-16-47-42)19-26(21-48-39)22-52-17-13-29(55)24-52)31-6-3-7-33(38(31)46)44-50-36-20-34-32(40(54(57)58)41(36)61-44)9-10-37(34)53-18-12-28(23-53)43(56)51-62(59,60)45(2)14-15-45/h3-8,11,16,19-21,28-29,37,55H,9-10,12-15,17-18,22-24H2,1-2H3,(H,47,49)(H,51,56)/t28-,29-,37-/m1/s1. The predicted octanol–water partition coefficient (Wildman–Crippen LogP) is 7.59. The summed E-state index contributed by atoms with van der Waals surface area (Å²) in [5.41, 5.74) is 7.18. The third-order valence-corrected chi connectivity index (χ3v) is 15.9. The number of fused-ring (bicyclic) bond motifs is 3. The summed E-state index contributed by atoms with van der Waals surface area (Å²) >= 11 is 7.20. The van der Waals surface area contributed by atoms with Crippen molar-refractivity contribution in [2.75, 3.05) is 31.5 Å². The summed E-state index contributed by atoms with van der Waals surface area (Å²) in [6, 6.07) is 17.1. The highest BCUT2D eigenvalue weighted by Gasteiger charge is 2.51. The van der Waals surface area contributed by atoms with Crippen LogP contribution in [-0.2, 0) is 27.8 Å². The van der Waals surface area contributed by atoms with Gasteiger partial charge in [0.1, 0.15) is 11.0 Å². The second-order valence-electron chi connectivity index (χ2n) is 17.4. The summed E-state index contributed by atoms with van der Waals surface area (Å²) in [6.45, 7) is 6.77. The van der Waals surface area contributed by atoms with Gasteiger partial charge >= 0.3 is 5.69 Å². The number of anilines is 2. The van der Waals surface area contributed by atoms with Gasteiger partial charge in [0.2, 0.25) is 27.4 Å². The largest absolute Gasteiger partial charge is 0.429 e. The van der Waals surface area contributed by atoms with Crippen molar-refractivity contribution < 1.29 is 27.7 Å². The van der Waals surface area contributed by atoms with Crippen LogP contribution >= 0.6 is 11.6 Å². The molecule has 1 amide bonds. The van der Waals surface area contributed by atoms with Crippen molar-refractivity contribution in [1.29, 1.82) is 0 Å². The number of aliphatic hydroxyl groups is 1. The number of rotatable bonds is 11. The SMILES string of the molecule is Cc1c(Nc2nccc3cc(CN4CC[C@@H](O)C4)cnc23)cccc1-c1cccc(-c2nc3cc4c(c([N+](=O)[O-])c3o2)CC[C@H]4N2CC[C@@H](C(=O)NS(=O)(=O)C3(C)CC3)C2)c1Cl. The van der Waals surface area contributed by atoms with E-state index in [2.05, 4.69) is 30.9 Å². The third-order valence-electron chi connectivity index (χ3n) is 13.3. The van der Waals surface area contributed by atoms with Crippen LogP contribution in [0.3, 0.4) is 0 Å². The van der Waals surface area contributed by atoms with Crippen LogP contribution in [0.15, 0.2) is 71.4 Å². The van der Waals surface area contributed by atoms with Crippen LogP contribution in [0, 0.1) is 23.0 Å². The number of carbonyl (C=O) groups excluding carboxylic acids is 1. The minimum Gasteiger partial charge on any atom is -0.429 e. The van der Waals surface area contributed by atoms with Gasteiger partial charge in [-0.05, 0) is 112 Å². The van der Waals surface area contributed by atoms with Crippen LogP contribution in [0.2, 0.25) is 5.02 Å².